The number of H-pyrrole nitrogens is 1. The van der Waals surface area contributed by atoms with Crippen LogP contribution in [-0.4, -0.2) is 54.3 Å². The van der Waals surface area contributed by atoms with E-state index in [-0.39, 0.29) is 17.1 Å². The van der Waals surface area contributed by atoms with E-state index in [1.165, 1.54) is 0 Å². The normalized spacial score (nSPS) is 29.0. The number of azide groups is 1. The quantitative estimate of drug-likeness (QED) is 0.323. The van der Waals surface area contributed by atoms with Crippen molar-refractivity contribution in [2.45, 2.75) is 24.2 Å². The number of ether oxygens (including phenoxy) is 1. The van der Waals surface area contributed by atoms with E-state index >= 15 is 0 Å². The van der Waals surface area contributed by atoms with E-state index in [0.717, 1.165) is 10.9 Å². The smallest absolute Gasteiger partial charge is 0.393 e. The molecule has 0 radical (unpaired) electrons. The molecule has 140 valence electrons. The standard InChI is InChI=1S/C11H11F3N8O4/c12-11(13,14)3-5(24)10(1-23,20-21-16)26-8(3)22-2-17-4-6(22)18-9(15)19-7(4)25/h2-3,5,8,23-24H,1H2,(H3,15,18,19,25)/t3-,5-,8+,10+/m0/s1. The van der Waals surface area contributed by atoms with E-state index in [1.54, 1.807) is 0 Å². The summed E-state index contributed by atoms with van der Waals surface area (Å²) in [6.45, 7) is -1.22. The number of alkyl halides is 3. The molecule has 4 atom stereocenters. The Morgan fingerprint density at radius 3 is 2.85 bits per heavy atom. The SMILES string of the molecule is [N-]=[N+]=N[C@]1(CO)O[C@@H](n2cnc3c(=O)[nH]c(N)nc32)[C@@H](C(F)(F)F)[C@@H]1O. The molecule has 1 saturated heterocycles. The molecule has 3 rings (SSSR count). The first-order valence-corrected chi connectivity index (χ1v) is 6.96. The molecule has 3 heterocycles. The predicted molar refractivity (Wildman–Crippen MR) is 77.2 cm³/mol. The number of aliphatic hydroxyl groups is 2. The number of nitrogens with one attached hydrogen (secondary N) is 1. The van der Waals surface area contributed by atoms with Crippen LogP contribution in [0, 0.1) is 5.92 Å². The maximum Gasteiger partial charge on any atom is 0.398 e. The van der Waals surface area contributed by atoms with Crippen molar-refractivity contribution in [3.05, 3.63) is 27.1 Å². The second-order valence-corrected chi connectivity index (χ2v) is 5.49. The number of rotatable bonds is 3. The number of aliphatic hydroxyl groups excluding tert-OH is 2. The molecule has 12 nitrogen and oxygen atoms in total. The van der Waals surface area contributed by atoms with Gasteiger partial charge in [0.05, 0.1) is 12.9 Å². The van der Waals surface area contributed by atoms with Crippen LogP contribution in [0.5, 0.6) is 0 Å². The van der Waals surface area contributed by atoms with Crippen molar-refractivity contribution in [1.82, 2.24) is 19.5 Å². The Balaban J connectivity index is 2.22. The van der Waals surface area contributed by atoms with Crippen LogP contribution in [0.1, 0.15) is 6.23 Å². The molecule has 5 N–H and O–H groups in total. The summed E-state index contributed by atoms with van der Waals surface area (Å²) in [6.07, 6.45) is -8.63. The highest BCUT2D eigenvalue weighted by Gasteiger charge is 2.64. The molecular formula is C11H11F3N8O4. The molecule has 0 unspecified atom stereocenters. The first kappa shape index (κ1) is 17.9. The Morgan fingerprint density at radius 2 is 2.27 bits per heavy atom. The molecule has 1 aliphatic rings. The topological polar surface area (TPSA) is 188 Å². The lowest BCUT2D eigenvalue weighted by atomic mass is 9.95. The zero-order valence-corrected chi connectivity index (χ0v) is 12.6. The van der Waals surface area contributed by atoms with Gasteiger partial charge in [-0.2, -0.15) is 18.2 Å². The van der Waals surface area contributed by atoms with Crippen LogP contribution >= 0.6 is 0 Å². The molecule has 0 aromatic carbocycles. The van der Waals surface area contributed by atoms with Gasteiger partial charge in [-0.1, -0.05) is 5.11 Å². The number of aromatic nitrogens is 4. The summed E-state index contributed by atoms with van der Waals surface area (Å²) in [5.41, 5.74) is 9.94. The number of nitrogens with zero attached hydrogens (tertiary/aromatic N) is 6. The van der Waals surface area contributed by atoms with Gasteiger partial charge in [-0.05, 0) is 5.53 Å². The summed E-state index contributed by atoms with van der Waals surface area (Å²) in [6, 6.07) is 0. The van der Waals surface area contributed by atoms with E-state index in [0.29, 0.717) is 0 Å². The minimum Gasteiger partial charge on any atom is -0.393 e. The third-order valence-electron chi connectivity index (χ3n) is 3.98. The van der Waals surface area contributed by atoms with Gasteiger partial charge < -0.3 is 20.7 Å². The molecule has 0 spiro atoms. The van der Waals surface area contributed by atoms with Crippen molar-refractivity contribution in [2.24, 2.45) is 11.0 Å². The number of fused-ring (bicyclic) bond motifs is 1. The number of nitrogens with two attached hydrogens (primary N) is 1. The minimum atomic E-state index is -5.02. The Labute approximate surface area is 140 Å². The van der Waals surface area contributed by atoms with Gasteiger partial charge in [0.15, 0.2) is 23.1 Å². The van der Waals surface area contributed by atoms with Crippen LogP contribution < -0.4 is 11.3 Å². The summed E-state index contributed by atoms with van der Waals surface area (Å²) in [7, 11) is 0. The molecular weight excluding hydrogens is 365 g/mol. The van der Waals surface area contributed by atoms with Crippen molar-refractivity contribution in [3.63, 3.8) is 0 Å². The van der Waals surface area contributed by atoms with Gasteiger partial charge in [0.25, 0.3) is 5.56 Å². The minimum absolute atomic E-state index is 0.316. The molecule has 0 aliphatic carbocycles. The Hall–Kier alpha value is -2.87. The van der Waals surface area contributed by atoms with Crippen molar-refractivity contribution in [2.75, 3.05) is 12.3 Å². The Morgan fingerprint density at radius 1 is 1.58 bits per heavy atom. The number of hydrogen-bond acceptors (Lipinski definition) is 8. The van der Waals surface area contributed by atoms with Crippen LogP contribution in [0.25, 0.3) is 21.6 Å². The largest absolute Gasteiger partial charge is 0.398 e. The molecule has 15 heteroatoms. The summed E-state index contributed by atoms with van der Waals surface area (Å²) in [5.74, 6) is -2.99. The molecule has 2 aromatic rings. The van der Waals surface area contributed by atoms with Crippen LogP contribution in [0.4, 0.5) is 19.1 Å². The summed E-state index contributed by atoms with van der Waals surface area (Å²) in [5, 5.41) is 22.5. The van der Waals surface area contributed by atoms with Gasteiger partial charge in [0, 0.05) is 4.91 Å². The zero-order chi connectivity index (χ0) is 19.3. The molecule has 2 aromatic heterocycles. The summed E-state index contributed by atoms with van der Waals surface area (Å²) >= 11 is 0. The third kappa shape index (κ3) is 2.53. The fourth-order valence-electron chi connectivity index (χ4n) is 2.81. The van der Waals surface area contributed by atoms with Crippen molar-refractivity contribution < 1.29 is 28.1 Å². The van der Waals surface area contributed by atoms with Gasteiger partial charge in [-0.15, -0.1) is 0 Å². The van der Waals surface area contributed by atoms with Gasteiger partial charge in [-0.25, -0.2) is 4.98 Å². The lowest BCUT2D eigenvalue weighted by Crippen LogP contribution is -2.46. The van der Waals surface area contributed by atoms with E-state index in [4.69, 9.17) is 16.0 Å². The van der Waals surface area contributed by atoms with E-state index in [1.807, 2.05) is 0 Å². The molecule has 0 amide bonds. The predicted octanol–water partition coefficient (Wildman–Crippen LogP) is -0.231. The van der Waals surface area contributed by atoms with Crippen LogP contribution in [0.15, 0.2) is 16.2 Å². The molecule has 26 heavy (non-hydrogen) atoms. The maximum atomic E-state index is 13.5. The van der Waals surface area contributed by atoms with Gasteiger partial charge in [0.1, 0.15) is 12.0 Å². The fraction of sp³-hybridized carbons (Fsp3) is 0.545. The van der Waals surface area contributed by atoms with E-state index in [2.05, 4.69) is 25.0 Å². The molecule has 0 bridgehead atoms. The number of hydrogen-bond donors (Lipinski definition) is 4. The number of nitrogen functional groups attached to an aromatic ring is 1. The molecule has 1 aliphatic heterocycles. The zero-order valence-electron chi connectivity index (χ0n) is 12.6. The molecule has 0 saturated carbocycles. The van der Waals surface area contributed by atoms with Crippen molar-refractivity contribution >= 4 is 17.1 Å². The van der Waals surface area contributed by atoms with E-state index in [9.17, 15) is 28.2 Å². The van der Waals surface area contributed by atoms with E-state index < -0.39 is 42.3 Å². The van der Waals surface area contributed by atoms with Gasteiger partial charge in [0.2, 0.25) is 5.95 Å². The second kappa shape index (κ2) is 5.84. The highest BCUT2D eigenvalue weighted by Crippen LogP contribution is 2.50. The lowest BCUT2D eigenvalue weighted by Gasteiger charge is -2.25. The Kier molecular flexibility index (Phi) is 4.03. The highest BCUT2D eigenvalue weighted by molar-refractivity contribution is 5.70. The van der Waals surface area contributed by atoms with Crippen LogP contribution in [0.2, 0.25) is 0 Å². The maximum absolute atomic E-state index is 13.5. The Bertz CT molecular complexity index is 951. The third-order valence-corrected chi connectivity index (χ3v) is 3.98. The average Bonchev–Trinajstić information content (AvgIpc) is 3.07. The van der Waals surface area contributed by atoms with Crippen molar-refractivity contribution in [3.8, 4) is 0 Å². The van der Waals surface area contributed by atoms with Gasteiger partial charge in [-0.3, -0.25) is 14.3 Å². The lowest BCUT2D eigenvalue weighted by molar-refractivity contribution is -0.210. The second-order valence-electron chi connectivity index (χ2n) is 5.49. The number of aromatic amines is 1. The fourth-order valence-corrected chi connectivity index (χ4v) is 2.81. The first-order chi connectivity index (χ1) is 12.1. The number of anilines is 1. The number of halogens is 3. The van der Waals surface area contributed by atoms with Gasteiger partial charge >= 0.3 is 6.18 Å². The monoisotopic (exact) mass is 376 g/mol. The molecule has 1 fully saturated rings. The first-order valence-electron chi connectivity index (χ1n) is 6.96. The number of imidazole rings is 1. The summed E-state index contributed by atoms with van der Waals surface area (Å²) in [4.78, 5) is 23.6. The average molecular weight is 376 g/mol. The highest BCUT2D eigenvalue weighted by atomic mass is 19.4. The van der Waals surface area contributed by atoms with Crippen LogP contribution in [-0.2, 0) is 4.74 Å². The summed E-state index contributed by atoms with van der Waals surface area (Å²) < 4.78 is 46.4. The van der Waals surface area contributed by atoms with Crippen molar-refractivity contribution in [1.29, 1.82) is 0 Å². The van der Waals surface area contributed by atoms with Crippen LogP contribution in [0.3, 0.4) is 0 Å².